The van der Waals surface area contributed by atoms with Crippen molar-refractivity contribution >= 4 is 5.96 Å². The number of ether oxygens (including phenoxy) is 2. The average molecular weight is 374 g/mol. The Labute approximate surface area is 161 Å². The topological polar surface area (TPSA) is 72.7 Å². The third-order valence-corrected chi connectivity index (χ3v) is 3.81. The van der Waals surface area contributed by atoms with Gasteiger partial charge in [-0.15, -0.1) is 0 Å². The van der Waals surface area contributed by atoms with Gasteiger partial charge in [0.2, 0.25) is 0 Å². The minimum atomic E-state index is 0.617. The fourth-order valence-corrected chi connectivity index (χ4v) is 2.61. The number of benzene rings is 1. The van der Waals surface area contributed by atoms with Crippen LogP contribution >= 0.6 is 0 Å². The lowest BCUT2D eigenvalue weighted by atomic mass is 10.1. The lowest BCUT2D eigenvalue weighted by molar-refractivity contribution is 0.287. The van der Waals surface area contributed by atoms with Crippen molar-refractivity contribution in [2.75, 3.05) is 32.8 Å². The van der Waals surface area contributed by atoms with Crippen molar-refractivity contribution in [1.82, 2.24) is 20.4 Å². The third-order valence-electron chi connectivity index (χ3n) is 3.81. The molecule has 0 unspecified atom stereocenters. The molecular formula is C20H31N5O2. The smallest absolute Gasteiger partial charge is 0.191 e. The first-order chi connectivity index (χ1) is 13.3. The van der Waals surface area contributed by atoms with Crippen molar-refractivity contribution < 1.29 is 9.47 Å². The molecule has 0 bridgehead atoms. The number of nitrogens with zero attached hydrogens (tertiary/aromatic N) is 3. The molecule has 0 saturated carbocycles. The molecular weight excluding hydrogens is 342 g/mol. The summed E-state index contributed by atoms with van der Waals surface area (Å²) in [6.07, 6.45) is 4.57. The summed E-state index contributed by atoms with van der Waals surface area (Å²) in [6.45, 7) is 10.3. The fraction of sp³-hybridized carbons (Fsp3) is 0.500. The summed E-state index contributed by atoms with van der Waals surface area (Å²) in [7, 11) is 0. The van der Waals surface area contributed by atoms with E-state index in [4.69, 9.17) is 9.47 Å². The zero-order valence-electron chi connectivity index (χ0n) is 16.6. The highest BCUT2D eigenvalue weighted by molar-refractivity contribution is 5.79. The molecule has 0 saturated heterocycles. The molecule has 1 heterocycles. The Balaban J connectivity index is 1.88. The predicted octanol–water partition coefficient (Wildman–Crippen LogP) is 2.48. The van der Waals surface area contributed by atoms with Crippen LogP contribution in [0.15, 0.2) is 41.7 Å². The Morgan fingerprint density at radius 1 is 1.11 bits per heavy atom. The van der Waals surface area contributed by atoms with Crippen molar-refractivity contribution in [2.24, 2.45) is 4.99 Å². The van der Waals surface area contributed by atoms with Gasteiger partial charge in [0, 0.05) is 32.0 Å². The van der Waals surface area contributed by atoms with E-state index in [0.29, 0.717) is 19.8 Å². The van der Waals surface area contributed by atoms with E-state index in [2.05, 4.69) is 33.7 Å². The third kappa shape index (κ3) is 7.21. The molecule has 2 rings (SSSR count). The van der Waals surface area contributed by atoms with Crippen LogP contribution in [-0.4, -0.2) is 48.6 Å². The van der Waals surface area contributed by atoms with E-state index in [9.17, 15) is 0 Å². The minimum Gasteiger partial charge on any atom is -0.490 e. The molecule has 0 aliphatic carbocycles. The van der Waals surface area contributed by atoms with Crippen LogP contribution in [0, 0.1) is 0 Å². The second kappa shape index (κ2) is 11.8. The van der Waals surface area contributed by atoms with Crippen LogP contribution in [0.4, 0.5) is 0 Å². The van der Waals surface area contributed by atoms with Crippen LogP contribution in [0.3, 0.4) is 0 Å². The molecule has 7 heteroatoms. The summed E-state index contributed by atoms with van der Waals surface area (Å²) in [5, 5.41) is 10.8. The molecule has 0 amide bonds. The van der Waals surface area contributed by atoms with E-state index < -0.39 is 0 Å². The quantitative estimate of drug-likeness (QED) is 0.468. The Hall–Kier alpha value is -2.70. The van der Waals surface area contributed by atoms with Crippen molar-refractivity contribution in [3.63, 3.8) is 0 Å². The van der Waals surface area contributed by atoms with Crippen molar-refractivity contribution in [3.8, 4) is 11.5 Å². The van der Waals surface area contributed by atoms with Crippen molar-refractivity contribution in [2.45, 2.75) is 33.7 Å². The van der Waals surface area contributed by atoms with E-state index in [1.165, 1.54) is 5.56 Å². The van der Waals surface area contributed by atoms with E-state index in [1.807, 2.05) is 42.9 Å². The maximum absolute atomic E-state index is 5.69. The molecule has 1 aromatic carbocycles. The highest BCUT2D eigenvalue weighted by Gasteiger charge is 2.06. The molecule has 0 aliphatic heterocycles. The van der Waals surface area contributed by atoms with Crippen LogP contribution in [-0.2, 0) is 13.0 Å². The minimum absolute atomic E-state index is 0.617. The number of aromatic nitrogens is 2. The molecule has 27 heavy (non-hydrogen) atoms. The number of aliphatic imine (C=N–C) groups is 1. The highest BCUT2D eigenvalue weighted by atomic mass is 16.5. The number of guanidine groups is 1. The van der Waals surface area contributed by atoms with Gasteiger partial charge in [-0.3, -0.25) is 9.67 Å². The molecule has 0 fully saturated rings. The number of hydrogen-bond donors (Lipinski definition) is 2. The summed E-state index contributed by atoms with van der Waals surface area (Å²) in [5.74, 6) is 2.41. The second-order valence-corrected chi connectivity index (χ2v) is 5.85. The maximum atomic E-state index is 5.69. The van der Waals surface area contributed by atoms with Crippen LogP contribution < -0.4 is 20.1 Å². The van der Waals surface area contributed by atoms with Gasteiger partial charge >= 0.3 is 0 Å². The van der Waals surface area contributed by atoms with Gasteiger partial charge in [0.1, 0.15) is 0 Å². The molecule has 0 spiro atoms. The number of rotatable bonds is 11. The van der Waals surface area contributed by atoms with Gasteiger partial charge in [0.25, 0.3) is 0 Å². The summed E-state index contributed by atoms with van der Waals surface area (Å²) in [6, 6.07) is 8.01. The number of nitrogens with one attached hydrogen (secondary N) is 2. The lowest BCUT2D eigenvalue weighted by Gasteiger charge is -2.13. The van der Waals surface area contributed by atoms with Gasteiger partial charge in [-0.2, -0.15) is 5.10 Å². The van der Waals surface area contributed by atoms with E-state index >= 15 is 0 Å². The Morgan fingerprint density at radius 3 is 2.63 bits per heavy atom. The van der Waals surface area contributed by atoms with Gasteiger partial charge in [-0.1, -0.05) is 6.07 Å². The van der Waals surface area contributed by atoms with Gasteiger partial charge in [-0.25, -0.2) is 0 Å². The first-order valence-corrected chi connectivity index (χ1v) is 9.64. The van der Waals surface area contributed by atoms with Crippen molar-refractivity contribution in [3.05, 3.63) is 42.2 Å². The van der Waals surface area contributed by atoms with Gasteiger partial charge < -0.3 is 20.1 Å². The summed E-state index contributed by atoms with van der Waals surface area (Å²) in [4.78, 5) is 4.65. The summed E-state index contributed by atoms with van der Waals surface area (Å²) in [5.41, 5.74) is 1.18. The highest BCUT2D eigenvalue weighted by Crippen LogP contribution is 2.28. The monoisotopic (exact) mass is 373 g/mol. The van der Waals surface area contributed by atoms with Crippen LogP contribution in [0.1, 0.15) is 26.3 Å². The summed E-state index contributed by atoms with van der Waals surface area (Å²) < 4.78 is 13.2. The number of hydrogen-bond acceptors (Lipinski definition) is 4. The van der Waals surface area contributed by atoms with Crippen molar-refractivity contribution in [1.29, 1.82) is 0 Å². The van der Waals surface area contributed by atoms with E-state index in [-0.39, 0.29) is 0 Å². The average Bonchev–Trinajstić information content (AvgIpc) is 3.17. The molecule has 0 atom stereocenters. The molecule has 2 N–H and O–H groups in total. The normalized spacial score (nSPS) is 11.3. The molecule has 0 aliphatic rings. The van der Waals surface area contributed by atoms with Gasteiger partial charge in [-0.05, 0) is 51.0 Å². The molecule has 1 aromatic heterocycles. The standard InChI is InChI=1S/C20H31N5O2/c1-4-21-20(23-13-15-25-14-7-11-24-25)22-12-10-17-8-9-18(26-5-2)19(16-17)27-6-3/h7-9,11,14,16H,4-6,10,12-13,15H2,1-3H3,(H2,21,22,23). The second-order valence-electron chi connectivity index (χ2n) is 5.85. The van der Waals surface area contributed by atoms with Crippen LogP contribution in [0.5, 0.6) is 11.5 Å². The zero-order chi connectivity index (χ0) is 19.3. The molecule has 0 radical (unpaired) electrons. The van der Waals surface area contributed by atoms with Crippen LogP contribution in [0.2, 0.25) is 0 Å². The van der Waals surface area contributed by atoms with E-state index in [1.54, 1.807) is 6.20 Å². The van der Waals surface area contributed by atoms with Gasteiger partial charge in [0.15, 0.2) is 17.5 Å². The van der Waals surface area contributed by atoms with Crippen LogP contribution in [0.25, 0.3) is 0 Å². The maximum Gasteiger partial charge on any atom is 0.191 e. The molecule has 2 aromatic rings. The Kier molecular flexibility index (Phi) is 9.03. The first kappa shape index (κ1) is 20.6. The Bertz CT molecular complexity index is 686. The lowest BCUT2D eigenvalue weighted by Crippen LogP contribution is -2.39. The van der Waals surface area contributed by atoms with E-state index in [0.717, 1.165) is 43.5 Å². The first-order valence-electron chi connectivity index (χ1n) is 9.64. The largest absolute Gasteiger partial charge is 0.490 e. The zero-order valence-corrected chi connectivity index (χ0v) is 16.6. The Morgan fingerprint density at radius 2 is 1.93 bits per heavy atom. The molecule has 148 valence electrons. The van der Waals surface area contributed by atoms with Gasteiger partial charge in [0.05, 0.1) is 19.8 Å². The fourth-order valence-electron chi connectivity index (χ4n) is 2.61. The molecule has 7 nitrogen and oxygen atoms in total. The SMILES string of the molecule is CCNC(=NCCc1ccc(OCC)c(OCC)c1)NCCn1cccn1. The summed E-state index contributed by atoms with van der Waals surface area (Å²) >= 11 is 0. The predicted molar refractivity (Wildman–Crippen MR) is 109 cm³/mol.